The molecule has 1 aliphatic heterocycles. The van der Waals surface area contributed by atoms with Crippen LogP contribution in [0.1, 0.15) is 83.8 Å². The second-order valence-electron chi connectivity index (χ2n) is 10.4. The highest BCUT2D eigenvalue weighted by Gasteiger charge is 2.42. The quantitative estimate of drug-likeness (QED) is 0.454. The van der Waals surface area contributed by atoms with E-state index in [0.717, 1.165) is 5.57 Å². The first-order chi connectivity index (χ1) is 16.4. The Balaban J connectivity index is 2.27. The monoisotopic (exact) mass is 511 g/mol. The first kappa shape index (κ1) is 29.6. The number of hydrogen-bond donors (Lipinski definition) is 4. The zero-order valence-electron chi connectivity index (χ0n) is 21.4. The van der Waals surface area contributed by atoms with Gasteiger partial charge in [-0.25, -0.2) is 4.98 Å². The Morgan fingerprint density at radius 3 is 2.49 bits per heavy atom. The van der Waals surface area contributed by atoms with E-state index in [1.54, 1.807) is 32.2 Å². The number of rotatable bonds is 3. The topological polar surface area (TPSA) is 137 Å². The van der Waals surface area contributed by atoms with Gasteiger partial charge in [0, 0.05) is 11.3 Å². The molecule has 1 saturated heterocycles. The summed E-state index contributed by atoms with van der Waals surface area (Å²) in [5.74, 6) is -1.80. The van der Waals surface area contributed by atoms with E-state index >= 15 is 0 Å². The Bertz CT molecular complexity index is 881. The number of hydrogen-bond acceptors (Lipinski definition) is 9. The van der Waals surface area contributed by atoms with Crippen molar-refractivity contribution in [2.24, 2.45) is 17.3 Å². The number of aliphatic hydroxyl groups excluding tert-OH is 4. The van der Waals surface area contributed by atoms with Gasteiger partial charge in [0.2, 0.25) is 0 Å². The lowest BCUT2D eigenvalue weighted by atomic mass is 9.73. The molecule has 35 heavy (non-hydrogen) atoms. The van der Waals surface area contributed by atoms with Gasteiger partial charge in [-0.05, 0) is 50.2 Å². The van der Waals surface area contributed by atoms with Crippen LogP contribution in [0, 0.1) is 17.3 Å². The van der Waals surface area contributed by atoms with Gasteiger partial charge in [-0.2, -0.15) is 0 Å². The smallest absolute Gasteiger partial charge is 0.309 e. The molecule has 0 amide bonds. The fourth-order valence-corrected chi connectivity index (χ4v) is 5.13. The van der Waals surface area contributed by atoms with E-state index in [9.17, 15) is 30.0 Å². The number of carbonyl (C=O) groups excluding carboxylic acids is 2. The molecule has 4 N–H and O–H groups in total. The van der Waals surface area contributed by atoms with Crippen molar-refractivity contribution >= 4 is 29.2 Å². The van der Waals surface area contributed by atoms with Crippen LogP contribution in [0.25, 0.3) is 6.08 Å². The molecule has 0 saturated carbocycles. The molecule has 0 spiro atoms. The zero-order valence-corrected chi connectivity index (χ0v) is 22.3. The van der Waals surface area contributed by atoms with E-state index in [0.29, 0.717) is 42.8 Å². The van der Waals surface area contributed by atoms with Gasteiger partial charge in [0.15, 0.2) is 0 Å². The van der Waals surface area contributed by atoms with E-state index in [1.807, 2.05) is 13.8 Å². The van der Waals surface area contributed by atoms with Crippen LogP contribution in [0.3, 0.4) is 0 Å². The molecule has 6 unspecified atom stereocenters. The average Bonchev–Trinajstić information content (AvgIpc) is 3.26. The van der Waals surface area contributed by atoms with Crippen LogP contribution in [-0.2, 0) is 20.9 Å². The van der Waals surface area contributed by atoms with Crippen LogP contribution in [0.5, 0.6) is 0 Å². The van der Waals surface area contributed by atoms with Crippen LogP contribution < -0.4 is 0 Å². The summed E-state index contributed by atoms with van der Waals surface area (Å²) >= 11 is 1.33. The van der Waals surface area contributed by atoms with Crippen molar-refractivity contribution in [1.82, 2.24) is 4.98 Å². The van der Waals surface area contributed by atoms with Gasteiger partial charge in [-0.1, -0.05) is 34.1 Å². The van der Waals surface area contributed by atoms with E-state index in [4.69, 9.17) is 4.74 Å². The van der Waals surface area contributed by atoms with Crippen molar-refractivity contribution in [1.29, 1.82) is 0 Å². The number of thiazole rings is 1. The van der Waals surface area contributed by atoms with Gasteiger partial charge in [0.25, 0.3) is 0 Å². The minimum absolute atomic E-state index is 0.146. The summed E-state index contributed by atoms with van der Waals surface area (Å²) in [7, 11) is 0. The fraction of sp³-hybridized carbons (Fsp3) is 0.731. The standard InChI is InChI=1S/C26H41NO7S/c1-15-7-6-8-19(29)9-10-20(16(2)11-18-14-35-22(13-28)27-18)34-23(31)12-21(30)26(4,5)25(33)17(3)24(15)32/h11,14-15,17,19-21,24,28-30,32H,6-10,12-13H2,1-5H3/b16-11+. The lowest BCUT2D eigenvalue weighted by Gasteiger charge is -2.34. The van der Waals surface area contributed by atoms with Crippen molar-refractivity contribution < 1.29 is 34.8 Å². The molecule has 0 aromatic carbocycles. The van der Waals surface area contributed by atoms with Gasteiger partial charge in [0.1, 0.15) is 16.9 Å². The number of aliphatic hydroxyl groups is 4. The predicted octanol–water partition coefficient (Wildman–Crippen LogP) is 3.25. The largest absolute Gasteiger partial charge is 0.458 e. The highest BCUT2D eigenvalue weighted by atomic mass is 32.1. The molecule has 2 rings (SSSR count). The van der Waals surface area contributed by atoms with Gasteiger partial charge in [-0.3, -0.25) is 9.59 Å². The first-order valence-electron chi connectivity index (χ1n) is 12.4. The number of carbonyl (C=O) groups is 2. The van der Waals surface area contributed by atoms with Crippen LogP contribution in [0.15, 0.2) is 11.0 Å². The lowest BCUT2D eigenvalue weighted by Crippen LogP contribution is -2.45. The van der Waals surface area contributed by atoms with Crippen molar-refractivity contribution in [3.63, 3.8) is 0 Å². The molecule has 0 aliphatic carbocycles. The van der Waals surface area contributed by atoms with E-state index < -0.39 is 41.7 Å². The van der Waals surface area contributed by atoms with Crippen molar-refractivity contribution in [3.8, 4) is 0 Å². The molecule has 6 atom stereocenters. The molecular weight excluding hydrogens is 470 g/mol. The lowest BCUT2D eigenvalue weighted by molar-refractivity contribution is -0.154. The Hall–Kier alpha value is -1.65. The third kappa shape index (κ3) is 8.18. The molecule has 0 radical (unpaired) electrons. The van der Waals surface area contributed by atoms with Crippen molar-refractivity contribution in [2.45, 2.75) is 104 Å². The molecule has 1 aromatic heterocycles. The van der Waals surface area contributed by atoms with E-state index in [1.165, 1.54) is 11.3 Å². The average molecular weight is 512 g/mol. The predicted molar refractivity (Wildman–Crippen MR) is 134 cm³/mol. The molecule has 198 valence electrons. The molecule has 2 heterocycles. The maximum Gasteiger partial charge on any atom is 0.309 e. The van der Waals surface area contributed by atoms with E-state index in [2.05, 4.69) is 4.98 Å². The minimum Gasteiger partial charge on any atom is -0.458 e. The normalized spacial score (nSPS) is 32.3. The number of cyclic esters (lactones) is 1. The number of aromatic nitrogens is 1. The fourth-order valence-electron chi connectivity index (χ4n) is 4.52. The Morgan fingerprint density at radius 1 is 1.17 bits per heavy atom. The molecule has 9 heteroatoms. The third-order valence-corrected chi connectivity index (χ3v) is 8.01. The summed E-state index contributed by atoms with van der Waals surface area (Å²) in [4.78, 5) is 30.2. The second kappa shape index (κ2) is 13.1. The number of nitrogens with zero attached hydrogens (tertiary/aromatic N) is 1. The number of ether oxygens (including phenoxy) is 1. The summed E-state index contributed by atoms with van der Waals surface area (Å²) in [5.41, 5.74) is 0.138. The summed E-state index contributed by atoms with van der Waals surface area (Å²) < 4.78 is 5.72. The van der Waals surface area contributed by atoms with Crippen LogP contribution in [0.2, 0.25) is 0 Å². The van der Waals surface area contributed by atoms with Crippen molar-refractivity contribution in [2.75, 3.05) is 0 Å². The number of ketones is 1. The van der Waals surface area contributed by atoms with Gasteiger partial charge < -0.3 is 25.2 Å². The number of Topliss-reactive ketones (excluding diaryl/α,β-unsaturated/α-hetero) is 1. The second-order valence-corrected chi connectivity index (χ2v) is 11.4. The Kier molecular flexibility index (Phi) is 11.0. The van der Waals surface area contributed by atoms with Crippen LogP contribution in [0.4, 0.5) is 0 Å². The highest BCUT2D eigenvalue weighted by molar-refractivity contribution is 7.09. The Morgan fingerprint density at radius 2 is 1.86 bits per heavy atom. The molecular formula is C26H41NO7S. The molecule has 8 nitrogen and oxygen atoms in total. The molecule has 1 aliphatic rings. The van der Waals surface area contributed by atoms with Gasteiger partial charge in [-0.15, -0.1) is 11.3 Å². The highest BCUT2D eigenvalue weighted by Crippen LogP contribution is 2.32. The first-order valence-corrected chi connectivity index (χ1v) is 13.3. The summed E-state index contributed by atoms with van der Waals surface area (Å²) in [6, 6.07) is 0. The third-order valence-electron chi connectivity index (χ3n) is 7.16. The van der Waals surface area contributed by atoms with Gasteiger partial charge in [0.05, 0.1) is 42.4 Å². The van der Waals surface area contributed by atoms with Crippen LogP contribution >= 0.6 is 11.3 Å². The zero-order chi connectivity index (χ0) is 26.3. The maximum absolute atomic E-state index is 13.1. The number of esters is 1. The molecule has 1 fully saturated rings. The molecule has 1 aromatic rings. The Labute approximate surface area is 212 Å². The SMILES string of the molecule is C/C(=C\c1csc(CO)n1)C1CCC(O)CCCC(C)C(O)C(C)C(=O)C(C)(C)C(O)CC(=O)O1. The summed E-state index contributed by atoms with van der Waals surface area (Å²) in [6.45, 7) is 8.38. The van der Waals surface area contributed by atoms with Crippen molar-refractivity contribution in [3.05, 3.63) is 21.7 Å². The maximum atomic E-state index is 13.1. The summed E-state index contributed by atoms with van der Waals surface area (Å²) in [5, 5.41) is 43.7. The van der Waals surface area contributed by atoms with Crippen LogP contribution in [-0.4, -0.2) is 61.6 Å². The van der Waals surface area contributed by atoms with E-state index in [-0.39, 0.29) is 24.7 Å². The van der Waals surface area contributed by atoms with Gasteiger partial charge >= 0.3 is 5.97 Å². The summed E-state index contributed by atoms with van der Waals surface area (Å²) in [6.07, 6.45) is 0.742. The molecule has 0 bridgehead atoms. The minimum atomic E-state index is -1.28.